The van der Waals surface area contributed by atoms with Gasteiger partial charge in [-0.05, 0) is 42.0 Å². The largest absolute Gasteiger partial charge is 0.339 e. The van der Waals surface area contributed by atoms with E-state index >= 15 is 0 Å². The number of likely N-dealkylation sites (N-methyl/N-ethyl adjacent to an activating group) is 1. The highest BCUT2D eigenvalue weighted by Gasteiger charge is 2.20. The van der Waals surface area contributed by atoms with Crippen molar-refractivity contribution in [3.05, 3.63) is 21.8 Å². The van der Waals surface area contributed by atoms with E-state index in [1.54, 1.807) is 11.3 Å². The summed E-state index contributed by atoms with van der Waals surface area (Å²) in [7, 11) is 1.93. The molecule has 0 bridgehead atoms. The first-order valence-corrected chi connectivity index (χ1v) is 6.99. The Morgan fingerprint density at radius 3 is 2.76 bits per heavy atom. The van der Waals surface area contributed by atoms with E-state index in [1.165, 1.54) is 0 Å². The molecule has 0 amide bonds. The van der Waals surface area contributed by atoms with Crippen LogP contribution in [0.2, 0.25) is 0 Å². The van der Waals surface area contributed by atoms with Gasteiger partial charge in [0, 0.05) is 6.04 Å². The van der Waals surface area contributed by atoms with Crippen molar-refractivity contribution < 1.29 is 4.52 Å². The molecule has 0 saturated heterocycles. The maximum atomic E-state index is 5.30. The smallest absolute Gasteiger partial charge is 0.231 e. The Kier molecular flexibility index (Phi) is 3.96. The number of nitrogens with zero attached hydrogens (tertiary/aromatic N) is 2. The van der Waals surface area contributed by atoms with Crippen LogP contribution in [0.3, 0.4) is 0 Å². The van der Waals surface area contributed by atoms with E-state index in [9.17, 15) is 0 Å². The molecule has 0 aromatic carbocycles. The van der Waals surface area contributed by atoms with Gasteiger partial charge in [-0.1, -0.05) is 12.1 Å². The lowest BCUT2D eigenvalue weighted by molar-refractivity contribution is 0.336. The van der Waals surface area contributed by atoms with Gasteiger partial charge in [0.15, 0.2) is 0 Å². The van der Waals surface area contributed by atoms with Gasteiger partial charge in [0.2, 0.25) is 11.7 Å². The second-order valence-corrected chi connectivity index (χ2v) is 6.39. The molecule has 0 saturated carbocycles. The topological polar surface area (TPSA) is 51.0 Å². The number of hydrogen-bond acceptors (Lipinski definition) is 5. The van der Waals surface area contributed by atoms with E-state index in [0.717, 1.165) is 8.66 Å². The van der Waals surface area contributed by atoms with Crippen molar-refractivity contribution in [1.29, 1.82) is 0 Å². The Bertz CT molecular complexity index is 496. The van der Waals surface area contributed by atoms with Crippen LogP contribution < -0.4 is 5.32 Å². The van der Waals surface area contributed by atoms with E-state index in [2.05, 4.69) is 45.2 Å². The molecule has 0 fully saturated rings. The molecular formula is C11H14BrN3OS. The van der Waals surface area contributed by atoms with Gasteiger partial charge in [-0.3, -0.25) is 0 Å². The van der Waals surface area contributed by atoms with Gasteiger partial charge in [-0.2, -0.15) is 4.98 Å². The molecular weight excluding hydrogens is 302 g/mol. The summed E-state index contributed by atoms with van der Waals surface area (Å²) in [6.07, 6.45) is 0. The number of rotatable bonds is 4. The molecule has 17 heavy (non-hydrogen) atoms. The summed E-state index contributed by atoms with van der Waals surface area (Å²) >= 11 is 5.02. The first-order valence-electron chi connectivity index (χ1n) is 5.38. The Hall–Kier alpha value is -0.720. The molecule has 92 valence electrons. The van der Waals surface area contributed by atoms with E-state index in [-0.39, 0.29) is 5.92 Å². The summed E-state index contributed by atoms with van der Waals surface area (Å²) < 4.78 is 6.37. The van der Waals surface area contributed by atoms with E-state index in [0.29, 0.717) is 17.8 Å². The minimum absolute atomic E-state index is 0.199. The van der Waals surface area contributed by atoms with Crippen LogP contribution in [0.25, 0.3) is 10.7 Å². The molecule has 2 rings (SSSR count). The van der Waals surface area contributed by atoms with Gasteiger partial charge in [0.1, 0.15) is 0 Å². The second-order valence-electron chi connectivity index (χ2n) is 3.93. The predicted molar refractivity (Wildman–Crippen MR) is 72.2 cm³/mol. The molecule has 2 atom stereocenters. The van der Waals surface area contributed by atoms with Gasteiger partial charge >= 0.3 is 0 Å². The maximum Gasteiger partial charge on any atom is 0.231 e. The van der Waals surface area contributed by atoms with Gasteiger partial charge < -0.3 is 9.84 Å². The van der Waals surface area contributed by atoms with Gasteiger partial charge in [0.05, 0.1) is 14.6 Å². The fraction of sp³-hybridized carbons (Fsp3) is 0.455. The highest BCUT2D eigenvalue weighted by Crippen LogP contribution is 2.30. The lowest BCUT2D eigenvalue weighted by Gasteiger charge is -2.14. The standard InChI is InChI=1S/C11H14BrN3OS/c1-6(7(2)13-3)11-14-10(15-16-11)8-4-5-9(12)17-8/h4-7,13H,1-3H3. The van der Waals surface area contributed by atoms with Gasteiger partial charge in [0.25, 0.3) is 0 Å². The van der Waals surface area contributed by atoms with Crippen LogP contribution in [0.4, 0.5) is 0 Å². The van der Waals surface area contributed by atoms with Crippen molar-refractivity contribution in [2.24, 2.45) is 0 Å². The average molecular weight is 316 g/mol. The van der Waals surface area contributed by atoms with E-state index in [1.807, 2.05) is 19.2 Å². The Morgan fingerprint density at radius 1 is 1.41 bits per heavy atom. The third kappa shape index (κ3) is 2.75. The van der Waals surface area contributed by atoms with Crippen molar-refractivity contribution in [2.75, 3.05) is 7.05 Å². The van der Waals surface area contributed by atoms with Crippen LogP contribution in [0.1, 0.15) is 25.7 Å². The molecule has 2 unspecified atom stereocenters. The van der Waals surface area contributed by atoms with E-state index < -0.39 is 0 Å². The summed E-state index contributed by atoms with van der Waals surface area (Å²) in [5, 5.41) is 7.20. The lowest BCUT2D eigenvalue weighted by Crippen LogP contribution is -2.27. The Morgan fingerprint density at radius 2 is 2.18 bits per heavy atom. The molecule has 0 aliphatic carbocycles. The molecule has 0 aliphatic rings. The fourth-order valence-electron chi connectivity index (χ4n) is 1.42. The second kappa shape index (κ2) is 5.29. The van der Waals surface area contributed by atoms with Crippen molar-refractivity contribution in [1.82, 2.24) is 15.5 Å². The lowest BCUT2D eigenvalue weighted by atomic mass is 10.0. The molecule has 0 aliphatic heterocycles. The van der Waals surface area contributed by atoms with Crippen molar-refractivity contribution in [2.45, 2.75) is 25.8 Å². The average Bonchev–Trinajstić information content (AvgIpc) is 2.95. The van der Waals surface area contributed by atoms with Gasteiger partial charge in [-0.15, -0.1) is 11.3 Å². The summed E-state index contributed by atoms with van der Waals surface area (Å²) in [6, 6.07) is 4.27. The highest BCUT2D eigenvalue weighted by molar-refractivity contribution is 9.11. The Labute approximate surface area is 113 Å². The zero-order valence-corrected chi connectivity index (χ0v) is 12.3. The first kappa shape index (κ1) is 12.7. The maximum absolute atomic E-state index is 5.30. The normalized spacial score (nSPS) is 14.8. The summed E-state index contributed by atoms with van der Waals surface area (Å²) in [4.78, 5) is 5.44. The zero-order valence-electron chi connectivity index (χ0n) is 9.90. The van der Waals surface area contributed by atoms with Crippen LogP contribution in [-0.2, 0) is 0 Å². The minimum Gasteiger partial charge on any atom is -0.339 e. The molecule has 1 N–H and O–H groups in total. The highest BCUT2D eigenvalue weighted by atomic mass is 79.9. The minimum atomic E-state index is 0.199. The summed E-state index contributed by atoms with van der Waals surface area (Å²) in [6.45, 7) is 4.17. The molecule has 4 nitrogen and oxygen atoms in total. The quantitative estimate of drug-likeness (QED) is 0.940. The predicted octanol–water partition coefficient (Wildman–Crippen LogP) is 3.27. The molecule has 0 radical (unpaired) electrons. The van der Waals surface area contributed by atoms with Crippen LogP contribution in [-0.4, -0.2) is 23.2 Å². The molecule has 0 spiro atoms. The van der Waals surface area contributed by atoms with E-state index in [4.69, 9.17) is 4.52 Å². The summed E-state index contributed by atoms with van der Waals surface area (Å²) in [5.74, 6) is 1.53. The fourth-order valence-corrected chi connectivity index (χ4v) is 2.73. The zero-order chi connectivity index (χ0) is 12.4. The number of halogens is 1. The number of nitrogens with one attached hydrogen (secondary N) is 1. The van der Waals surface area contributed by atoms with Crippen molar-refractivity contribution in [3.63, 3.8) is 0 Å². The third-order valence-electron chi connectivity index (χ3n) is 2.83. The first-order chi connectivity index (χ1) is 8.11. The SMILES string of the molecule is CNC(C)C(C)c1nc(-c2ccc(Br)s2)no1. The van der Waals surface area contributed by atoms with Crippen molar-refractivity contribution in [3.8, 4) is 10.7 Å². The monoisotopic (exact) mass is 315 g/mol. The Balaban J connectivity index is 2.21. The molecule has 2 heterocycles. The van der Waals surface area contributed by atoms with Gasteiger partial charge in [-0.25, -0.2) is 0 Å². The third-order valence-corrected chi connectivity index (χ3v) is 4.45. The van der Waals surface area contributed by atoms with Crippen LogP contribution in [0, 0.1) is 0 Å². The number of thiophene rings is 1. The molecule has 2 aromatic heterocycles. The number of hydrogen-bond donors (Lipinski definition) is 1. The number of aromatic nitrogens is 2. The van der Waals surface area contributed by atoms with Crippen molar-refractivity contribution >= 4 is 27.3 Å². The van der Waals surface area contributed by atoms with Crippen LogP contribution in [0.15, 0.2) is 20.4 Å². The van der Waals surface area contributed by atoms with Crippen LogP contribution >= 0.6 is 27.3 Å². The van der Waals surface area contributed by atoms with Crippen LogP contribution in [0.5, 0.6) is 0 Å². The molecule has 2 aromatic rings. The molecule has 6 heteroatoms. The summed E-state index contributed by atoms with van der Waals surface area (Å²) in [5.41, 5.74) is 0.